The molecule has 7 heavy (non-hydrogen) atoms. The molecule has 0 aromatic rings. The molecule has 0 bridgehead atoms. The summed E-state index contributed by atoms with van der Waals surface area (Å²) in [6, 6.07) is 0. The lowest BCUT2D eigenvalue weighted by atomic mass is 9.76. The van der Waals surface area contributed by atoms with E-state index in [-0.39, 0.29) is 0 Å². The second kappa shape index (κ2) is 6.06. The molecule has 0 aromatic carbocycles. The van der Waals surface area contributed by atoms with Gasteiger partial charge in [-0.25, -0.2) is 0 Å². The monoisotopic (exact) mass is 97.1 g/mol. The predicted octanol–water partition coefficient (Wildman–Crippen LogP) is 2.35. The highest BCUT2D eigenvalue weighted by atomic mass is 13.8. The first-order valence-corrected chi connectivity index (χ1v) is 3.19. The third-order valence-corrected chi connectivity index (χ3v) is 1.10. The Kier molecular flexibility index (Phi) is 6.12. The average molecular weight is 97.0 g/mol. The standard InChI is InChI=1S/C6H14B/c1-3-4-5-6-7-2/h3-6H2,1-2H3. The predicted molar refractivity (Wildman–Crippen MR) is 35.9 cm³/mol. The maximum atomic E-state index is 2.23. The van der Waals surface area contributed by atoms with Crippen LogP contribution in [-0.2, 0) is 0 Å². The molecule has 0 aliphatic carbocycles. The van der Waals surface area contributed by atoms with Crippen molar-refractivity contribution in [2.24, 2.45) is 0 Å². The Morgan fingerprint density at radius 3 is 2.43 bits per heavy atom. The van der Waals surface area contributed by atoms with Crippen LogP contribution in [0.5, 0.6) is 0 Å². The zero-order valence-corrected chi connectivity index (χ0v) is 5.41. The molecule has 0 aromatic heterocycles. The molecule has 0 heterocycles. The van der Waals surface area contributed by atoms with E-state index in [1.807, 2.05) is 0 Å². The fraction of sp³-hybridized carbons (Fsp3) is 1.00. The first-order valence-electron chi connectivity index (χ1n) is 3.19. The Morgan fingerprint density at radius 2 is 2.00 bits per heavy atom. The molecule has 0 saturated carbocycles. The summed E-state index contributed by atoms with van der Waals surface area (Å²) in [5.74, 6) is 0. The number of hydrogen-bond acceptors (Lipinski definition) is 0. The molecule has 0 rings (SSSR count). The number of hydrogen-bond donors (Lipinski definition) is 0. The second-order valence-corrected chi connectivity index (χ2v) is 1.90. The highest BCUT2D eigenvalue weighted by molar-refractivity contribution is 6.33. The molecule has 0 N–H and O–H groups in total. The van der Waals surface area contributed by atoms with Gasteiger partial charge in [-0.1, -0.05) is 39.3 Å². The third kappa shape index (κ3) is 6.06. The van der Waals surface area contributed by atoms with Gasteiger partial charge in [0.1, 0.15) is 7.28 Å². The van der Waals surface area contributed by atoms with E-state index in [0.717, 1.165) is 0 Å². The van der Waals surface area contributed by atoms with Gasteiger partial charge < -0.3 is 0 Å². The summed E-state index contributed by atoms with van der Waals surface area (Å²) < 4.78 is 0. The fourth-order valence-corrected chi connectivity index (χ4v) is 0.598. The maximum Gasteiger partial charge on any atom is 0.105 e. The zero-order valence-electron chi connectivity index (χ0n) is 5.41. The van der Waals surface area contributed by atoms with Crippen molar-refractivity contribution in [2.75, 3.05) is 0 Å². The summed E-state index contributed by atoms with van der Waals surface area (Å²) in [5, 5.41) is 0. The van der Waals surface area contributed by atoms with E-state index in [4.69, 9.17) is 0 Å². The highest BCUT2D eigenvalue weighted by Crippen LogP contribution is 1.97. The molecule has 41 valence electrons. The van der Waals surface area contributed by atoms with Gasteiger partial charge in [0.15, 0.2) is 0 Å². The van der Waals surface area contributed by atoms with Gasteiger partial charge in [-0.05, 0) is 0 Å². The van der Waals surface area contributed by atoms with Crippen LogP contribution in [0.3, 0.4) is 0 Å². The van der Waals surface area contributed by atoms with E-state index >= 15 is 0 Å². The summed E-state index contributed by atoms with van der Waals surface area (Å²) in [6.45, 7) is 4.35. The second-order valence-electron chi connectivity index (χ2n) is 1.90. The van der Waals surface area contributed by atoms with Crippen LogP contribution in [0.25, 0.3) is 0 Å². The molecule has 0 aliphatic rings. The Balaban J connectivity index is 2.45. The topological polar surface area (TPSA) is 0 Å². The molecule has 0 fully saturated rings. The van der Waals surface area contributed by atoms with Gasteiger partial charge in [-0.3, -0.25) is 0 Å². The summed E-state index contributed by atoms with van der Waals surface area (Å²) in [7, 11) is 2.23. The number of rotatable bonds is 4. The van der Waals surface area contributed by atoms with E-state index in [2.05, 4.69) is 21.0 Å². The van der Waals surface area contributed by atoms with Crippen LogP contribution in [-0.4, -0.2) is 7.28 Å². The number of unbranched alkanes of at least 4 members (excludes halogenated alkanes) is 2. The van der Waals surface area contributed by atoms with Gasteiger partial charge in [0.25, 0.3) is 0 Å². The largest absolute Gasteiger partial charge is 0.105 e. The molecular formula is C6H14B. The molecule has 0 spiro atoms. The molecule has 0 atom stereocenters. The van der Waals surface area contributed by atoms with E-state index in [9.17, 15) is 0 Å². The Hall–Kier alpha value is 0.0649. The first-order chi connectivity index (χ1) is 3.41. The van der Waals surface area contributed by atoms with Crippen LogP contribution < -0.4 is 0 Å². The molecule has 0 unspecified atom stereocenters. The maximum absolute atomic E-state index is 2.23. The van der Waals surface area contributed by atoms with Gasteiger partial charge in [0.2, 0.25) is 0 Å². The zero-order chi connectivity index (χ0) is 5.54. The lowest BCUT2D eigenvalue weighted by Crippen LogP contribution is -1.79. The van der Waals surface area contributed by atoms with Crippen molar-refractivity contribution in [3.05, 3.63) is 0 Å². The average Bonchev–Trinajstić information content (AvgIpc) is 1.69. The van der Waals surface area contributed by atoms with Crippen molar-refractivity contribution in [3.63, 3.8) is 0 Å². The van der Waals surface area contributed by atoms with Crippen molar-refractivity contribution in [1.29, 1.82) is 0 Å². The molecular weight excluding hydrogens is 82.9 g/mol. The van der Waals surface area contributed by atoms with Gasteiger partial charge in [-0.2, -0.15) is 0 Å². The van der Waals surface area contributed by atoms with Gasteiger partial charge in [0, 0.05) is 0 Å². The Labute approximate surface area is 47.6 Å². The van der Waals surface area contributed by atoms with Crippen molar-refractivity contribution >= 4 is 7.28 Å². The van der Waals surface area contributed by atoms with Gasteiger partial charge >= 0.3 is 0 Å². The molecule has 1 radical (unpaired) electrons. The van der Waals surface area contributed by atoms with E-state index in [0.29, 0.717) is 0 Å². The minimum Gasteiger partial charge on any atom is -0.0920 e. The van der Waals surface area contributed by atoms with Crippen molar-refractivity contribution < 1.29 is 0 Å². The summed E-state index contributed by atoms with van der Waals surface area (Å²) in [4.78, 5) is 0. The van der Waals surface area contributed by atoms with Crippen molar-refractivity contribution in [3.8, 4) is 0 Å². The fourth-order valence-electron chi connectivity index (χ4n) is 0.598. The van der Waals surface area contributed by atoms with E-state index in [1.165, 1.54) is 25.6 Å². The normalized spacial score (nSPS) is 8.86. The molecule has 0 nitrogen and oxygen atoms in total. The van der Waals surface area contributed by atoms with Crippen LogP contribution >= 0.6 is 0 Å². The molecule has 0 aliphatic heterocycles. The Bertz CT molecular complexity index is 23.4. The smallest absolute Gasteiger partial charge is 0.0920 e. The molecule has 0 saturated heterocycles. The molecule has 1 heteroatoms. The lowest BCUT2D eigenvalue weighted by Gasteiger charge is -1.89. The van der Waals surface area contributed by atoms with Crippen molar-refractivity contribution in [1.82, 2.24) is 0 Å². The van der Waals surface area contributed by atoms with Crippen LogP contribution in [0.15, 0.2) is 0 Å². The minimum absolute atomic E-state index is 1.30. The summed E-state index contributed by atoms with van der Waals surface area (Å²) in [6.07, 6.45) is 5.42. The summed E-state index contributed by atoms with van der Waals surface area (Å²) in [5.41, 5.74) is 0. The van der Waals surface area contributed by atoms with Gasteiger partial charge in [-0.15, -0.1) is 0 Å². The van der Waals surface area contributed by atoms with Gasteiger partial charge in [0.05, 0.1) is 0 Å². The third-order valence-electron chi connectivity index (χ3n) is 1.10. The van der Waals surface area contributed by atoms with Crippen LogP contribution in [0, 0.1) is 0 Å². The van der Waals surface area contributed by atoms with Crippen LogP contribution in [0.4, 0.5) is 0 Å². The minimum atomic E-state index is 1.30. The van der Waals surface area contributed by atoms with E-state index in [1.54, 1.807) is 0 Å². The quantitative estimate of drug-likeness (QED) is 0.373. The lowest BCUT2D eigenvalue weighted by molar-refractivity contribution is 0.769. The first kappa shape index (κ1) is 7.06. The van der Waals surface area contributed by atoms with Crippen LogP contribution in [0.1, 0.15) is 26.2 Å². The van der Waals surface area contributed by atoms with E-state index < -0.39 is 0 Å². The van der Waals surface area contributed by atoms with Crippen molar-refractivity contribution in [2.45, 2.75) is 39.3 Å². The molecule has 0 amide bonds. The summed E-state index contributed by atoms with van der Waals surface area (Å²) >= 11 is 0. The SMILES string of the molecule is C[B]CCCCC. The van der Waals surface area contributed by atoms with Crippen LogP contribution in [0.2, 0.25) is 13.1 Å². The Morgan fingerprint density at radius 1 is 1.29 bits per heavy atom. The highest BCUT2D eigenvalue weighted by Gasteiger charge is 1.81.